The van der Waals surface area contributed by atoms with Gasteiger partial charge in [-0.05, 0) is 45.3 Å². The van der Waals surface area contributed by atoms with E-state index in [0.29, 0.717) is 6.04 Å². The average Bonchev–Trinajstić information content (AvgIpc) is 2.74. The van der Waals surface area contributed by atoms with E-state index in [2.05, 4.69) is 32.8 Å². The maximum Gasteiger partial charge on any atom is 0.0701 e. The lowest BCUT2D eigenvalue weighted by molar-refractivity contribution is 0.301. The largest absolute Gasteiger partial charge is 0.271 e. The first-order valence-corrected chi connectivity index (χ1v) is 7.67. The summed E-state index contributed by atoms with van der Waals surface area (Å²) in [7, 11) is 0. The second-order valence-corrected chi connectivity index (χ2v) is 6.93. The lowest BCUT2D eigenvalue weighted by atomic mass is 9.84. The molecule has 2 nitrogen and oxygen atoms in total. The van der Waals surface area contributed by atoms with Gasteiger partial charge in [0.1, 0.15) is 0 Å². The fraction of sp³-hybridized carbons (Fsp3) is 0.667. The van der Waals surface area contributed by atoms with Crippen LogP contribution in [0.4, 0.5) is 0 Å². The number of halogens is 1. The molecule has 1 unspecified atom stereocenters. The van der Waals surface area contributed by atoms with E-state index in [4.69, 9.17) is 5.84 Å². The minimum atomic E-state index is 0.325. The summed E-state index contributed by atoms with van der Waals surface area (Å²) in [6.07, 6.45) is 8.15. The zero-order valence-electron chi connectivity index (χ0n) is 9.42. The zero-order chi connectivity index (χ0) is 11.4. The molecule has 0 aromatic carbocycles. The number of hydrogen-bond donors (Lipinski definition) is 2. The van der Waals surface area contributed by atoms with Crippen molar-refractivity contribution in [3.05, 3.63) is 20.8 Å². The van der Waals surface area contributed by atoms with Crippen LogP contribution in [0.3, 0.4) is 0 Å². The third-order valence-corrected chi connectivity index (χ3v) is 5.01. The van der Waals surface area contributed by atoms with Gasteiger partial charge in [0.05, 0.1) is 3.79 Å². The molecule has 1 fully saturated rings. The van der Waals surface area contributed by atoms with E-state index in [-0.39, 0.29) is 0 Å². The fourth-order valence-electron chi connectivity index (χ4n) is 2.56. The summed E-state index contributed by atoms with van der Waals surface area (Å²) >= 11 is 5.24. The Morgan fingerprint density at radius 3 is 2.75 bits per heavy atom. The van der Waals surface area contributed by atoms with Crippen molar-refractivity contribution in [2.75, 3.05) is 0 Å². The third-order valence-electron chi connectivity index (χ3n) is 3.49. The van der Waals surface area contributed by atoms with Crippen molar-refractivity contribution in [3.63, 3.8) is 0 Å². The highest BCUT2D eigenvalue weighted by Gasteiger charge is 2.20. The minimum Gasteiger partial charge on any atom is -0.271 e. The Bertz CT molecular complexity index is 321. The molecule has 0 radical (unpaired) electrons. The van der Waals surface area contributed by atoms with Crippen LogP contribution < -0.4 is 11.3 Å². The molecule has 2 rings (SSSR count). The van der Waals surface area contributed by atoms with Crippen LogP contribution >= 0.6 is 27.3 Å². The van der Waals surface area contributed by atoms with E-state index in [9.17, 15) is 0 Å². The lowest BCUT2D eigenvalue weighted by Gasteiger charge is -2.25. The van der Waals surface area contributed by atoms with Crippen LogP contribution in [0.25, 0.3) is 0 Å². The molecule has 1 heterocycles. The van der Waals surface area contributed by atoms with Crippen molar-refractivity contribution < 1.29 is 0 Å². The molecule has 0 saturated heterocycles. The molecule has 1 aromatic rings. The Kier molecular flexibility index (Phi) is 4.82. The Morgan fingerprint density at radius 1 is 1.44 bits per heavy atom. The maximum atomic E-state index is 5.67. The number of hydrazine groups is 1. The van der Waals surface area contributed by atoms with Crippen LogP contribution in [0.1, 0.15) is 50.1 Å². The minimum absolute atomic E-state index is 0.325. The van der Waals surface area contributed by atoms with Crippen LogP contribution in [0.2, 0.25) is 0 Å². The third kappa shape index (κ3) is 3.29. The lowest BCUT2D eigenvalue weighted by Crippen LogP contribution is -2.29. The van der Waals surface area contributed by atoms with E-state index in [1.54, 1.807) is 11.3 Å². The van der Waals surface area contributed by atoms with Crippen LogP contribution in [-0.4, -0.2) is 0 Å². The molecule has 1 atom stereocenters. The van der Waals surface area contributed by atoms with Crippen molar-refractivity contribution in [1.29, 1.82) is 0 Å². The van der Waals surface area contributed by atoms with Crippen molar-refractivity contribution >= 4 is 27.3 Å². The summed E-state index contributed by atoms with van der Waals surface area (Å²) in [4.78, 5) is 0. The highest BCUT2D eigenvalue weighted by atomic mass is 79.9. The normalized spacial score (nSPS) is 19.9. The van der Waals surface area contributed by atoms with Crippen LogP contribution in [0.5, 0.6) is 0 Å². The van der Waals surface area contributed by atoms with Crippen molar-refractivity contribution in [3.8, 4) is 0 Å². The monoisotopic (exact) mass is 302 g/mol. The second-order valence-electron chi connectivity index (χ2n) is 4.64. The summed E-state index contributed by atoms with van der Waals surface area (Å²) in [6, 6.07) is 2.50. The smallest absolute Gasteiger partial charge is 0.0701 e. The van der Waals surface area contributed by atoms with Crippen LogP contribution in [0.15, 0.2) is 15.2 Å². The first-order valence-electron chi connectivity index (χ1n) is 5.99. The molecule has 0 amide bonds. The second kappa shape index (κ2) is 6.15. The standard InChI is InChI=1S/C12H19BrN2S/c13-12-7-10(8-16-12)11(15-14)6-9-4-2-1-3-5-9/h7-9,11,15H,1-6,14H2. The topological polar surface area (TPSA) is 38.0 Å². The van der Waals surface area contributed by atoms with Gasteiger partial charge >= 0.3 is 0 Å². The summed E-state index contributed by atoms with van der Waals surface area (Å²) in [5, 5.41) is 2.19. The molecule has 3 N–H and O–H groups in total. The van der Waals surface area contributed by atoms with Crippen LogP contribution in [0, 0.1) is 5.92 Å². The van der Waals surface area contributed by atoms with E-state index in [1.807, 2.05) is 0 Å². The van der Waals surface area contributed by atoms with E-state index in [1.165, 1.54) is 47.9 Å². The number of thiophene rings is 1. The molecular formula is C12H19BrN2S. The summed E-state index contributed by atoms with van der Waals surface area (Å²) in [5.41, 5.74) is 4.29. The Hall–Kier alpha value is 0.100. The van der Waals surface area contributed by atoms with E-state index >= 15 is 0 Å². The zero-order valence-corrected chi connectivity index (χ0v) is 11.8. The molecular weight excluding hydrogens is 284 g/mol. The quantitative estimate of drug-likeness (QED) is 0.652. The van der Waals surface area contributed by atoms with Gasteiger partial charge in [-0.3, -0.25) is 11.3 Å². The van der Waals surface area contributed by atoms with Gasteiger partial charge in [0.2, 0.25) is 0 Å². The van der Waals surface area contributed by atoms with Gasteiger partial charge in [0.25, 0.3) is 0 Å². The average molecular weight is 303 g/mol. The van der Waals surface area contributed by atoms with Gasteiger partial charge in [-0.25, -0.2) is 0 Å². The Morgan fingerprint density at radius 2 is 2.19 bits per heavy atom. The van der Waals surface area contributed by atoms with Crippen LogP contribution in [-0.2, 0) is 0 Å². The van der Waals surface area contributed by atoms with Gasteiger partial charge < -0.3 is 0 Å². The van der Waals surface area contributed by atoms with Gasteiger partial charge in [0, 0.05) is 6.04 Å². The Labute approximate surface area is 110 Å². The first-order chi connectivity index (χ1) is 7.79. The molecule has 1 saturated carbocycles. The van der Waals surface area contributed by atoms with E-state index < -0.39 is 0 Å². The summed E-state index contributed by atoms with van der Waals surface area (Å²) < 4.78 is 1.19. The fourth-order valence-corrected chi connectivity index (χ4v) is 3.79. The molecule has 1 aromatic heterocycles. The number of nitrogens with two attached hydrogens (primary N) is 1. The molecule has 1 aliphatic carbocycles. The maximum absolute atomic E-state index is 5.67. The van der Waals surface area contributed by atoms with Crippen molar-refractivity contribution in [2.24, 2.45) is 11.8 Å². The van der Waals surface area contributed by atoms with E-state index in [0.717, 1.165) is 5.92 Å². The van der Waals surface area contributed by atoms with Gasteiger partial charge in [-0.15, -0.1) is 11.3 Å². The SMILES string of the molecule is NNC(CC1CCCCC1)c1csc(Br)c1. The predicted octanol–water partition coefficient (Wildman–Crippen LogP) is 3.99. The van der Waals surface area contributed by atoms with Crippen molar-refractivity contribution in [2.45, 2.75) is 44.6 Å². The number of nitrogens with one attached hydrogen (secondary N) is 1. The van der Waals surface area contributed by atoms with Gasteiger partial charge in [-0.2, -0.15) is 0 Å². The molecule has 4 heteroatoms. The molecule has 0 bridgehead atoms. The summed E-state index contributed by atoms with van der Waals surface area (Å²) in [6.45, 7) is 0. The Balaban J connectivity index is 1.94. The summed E-state index contributed by atoms with van der Waals surface area (Å²) in [5.74, 6) is 6.53. The number of rotatable bonds is 4. The predicted molar refractivity (Wildman–Crippen MR) is 73.3 cm³/mol. The molecule has 0 aliphatic heterocycles. The highest BCUT2D eigenvalue weighted by Crippen LogP contribution is 2.33. The molecule has 0 spiro atoms. The molecule has 1 aliphatic rings. The molecule has 16 heavy (non-hydrogen) atoms. The van der Waals surface area contributed by atoms with Gasteiger partial charge in [0.15, 0.2) is 0 Å². The highest BCUT2D eigenvalue weighted by molar-refractivity contribution is 9.11. The van der Waals surface area contributed by atoms with Crippen molar-refractivity contribution in [1.82, 2.24) is 5.43 Å². The van der Waals surface area contributed by atoms with Gasteiger partial charge in [-0.1, -0.05) is 32.1 Å². The number of hydrogen-bond acceptors (Lipinski definition) is 3. The molecule has 90 valence electrons. The first kappa shape index (κ1) is 12.6.